The normalized spacial score (nSPS) is 12.7. The lowest BCUT2D eigenvalue weighted by atomic mass is 9.59. The minimum absolute atomic E-state index is 0.0897. The van der Waals surface area contributed by atoms with Gasteiger partial charge in [0.25, 0.3) is 0 Å². The van der Waals surface area contributed by atoms with Gasteiger partial charge in [0.05, 0.1) is 11.0 Å². The van der Waals surface area contributed by atoms with Crippen molar-refractivity contribution in [3.8, 4) is 0 Å². The van der Waals surface area contributed by atoms with Gasteiger partial charge in [-0.1, -0.05) is 121 Å². The van der Waals surface area contributed by atoms with Crippen LogP contribution in [0, 0.1) is 0 Å². The maximum atomic E-state index is 13.4. The molecule has 0 saturated heterocycles. The molecule has 0 aliphatic heterocycles. The number of hydrogen-bond donors (Lipinski definition) is 2. The van der Waals surface area contributed by atoms with Gasteiger partial charge in [0.2, 0.25) is 5.91 Å². The summed E-state index contributed by atoms with van der Waals surface area (Å²) in [4.78, 5) is 13.4. The van der Waals surface area contributed by atoms with E-state index in [1.165, 1.54) is 0 Å². The van der Waals surface area contributed by atoms with Crippen molar-refractivity contribution in [1.82, 2.24) is 5.32 Å². The van der Waals surface area contributed by atoms with Crippen molar-refractivity contribution < 1.29 is 9.90 Å². The number of hydrogen-bond acceptors (Lipinski definition) is 2. The van der Waals surface area contributed by atoms with Crippen LogP contribution in [0.4, 0.5) is 0 Å². The Morgan fingerprint density at radius 2 is 1.06 bits per heavy atom. The molecule has 4 rings (SSSR count). The van der Waals surface area contributed by atoms with Crippen LogP contribution in [0.3, 0.4) is 0 Å². The SMILES string of the molecule is CC(C)(O)CNC(=O)CC(c1ccccc1)C(c1ccccc1)(c1ccccc1)c1ccccc1. The molecule has 0 bridgehead atoms. The number of nitrogens with one attached hydrogen (secondary N) is 1. The summed E-state index contributed by atoms with van der Waals surface area (Å²) in [5.41, 5.74) is 2.87. The fraction of sp³-hybridized carbons (Fsp3) is 0.219. The van der Waals surface area contributed by atoms with Crippen LogP contribution in [0.25, 0.3) is 0 Å². The number of benzene rings is 4. The molecule has 2 N–H and O–H groups in total. The van der Waals surface area contributed by atoms with E-state index in [4.69, 9.17) is 0 Å². The molecule has 4 aromatic rings. The molecular weight excluding hydrogens is 430 g/mol. The Morgan fingerprint density at radius 1 is 0.686 bits per heavy atom. The standard InChI is InChI=1S/C32H33NO2/c1-31(2,35)24-33-30(34)23-29(25-15-7-3-8-16-25)32(26-17-9-4-10-18-26,27-19-11-5-12-20-27)28-21-13-6-14-22-28/h3-22,29,35H,23-24H2,1-2H3,(H,33,34). The van der Waals surface area contributed by atoms with Gasteiger partial charge in [0, 0.05) is 18.9 Å². The Balaban J connectivity index is 1.97. The van der Waals surface area contributed by atoms with Crippen molar-refractivity contribution in [3.63, 3.8) is 0 Å². The Morgan fingerprint density at radius 3 is 1.43 bits per heavy atom. The minimum atomic E-state index is -0.979. The lowest BCUT2D eigenvalue weighted by Gasteiger charge is -2.43. The zero-order valence-corrected chi connectivity index (χ0v) is 20.4. The van der Waals surface area contributed by atoms with E-state index in [2.05, 4.69) is 90.2 Å². The van der Waals surface area contributed by atoms with Crippen molar-refractivity contribution in [2.24, 2.45) is 0 Å². The van der Waals surface area contributed by atoms with Gasteiger partial charge in [-0.05, 0) is 36.1 Å². The van der Waals surface area contributed by atoms with Crippen LogP contribution in [0.2, 0.25) is 0 Å². The predicted molar refractivity (Wildman–Crippen MR) is 142 cm³/mol. The summed E-state index contributed by atoms with van der Waals surface area (Å²) < 4.78 is 0. The highest BCUT2D eigenvalue weighted by Crippen LogP contribution is 2.51. The molecule has 3 nitrogen and oxygen atoms in total. The number of rotatable bonds is 9. The van der Waals surface area contributed by atoms with Crippen molar-refractivity contribution >= 4 is 5.91 Å². The zero-order valence-electron chi connectivity index (χ0n) is 20.4. The quantitative estimate of drug-likeness (QED) is 0.296. The van der Waals surface area contributed by atoms with Gasteiger partial charge >= 0.3 is 0 Å². The first-order valence-corrected chi connectivity index (χ1v) is 12.1. The lowest BCUT2D eigenvalue weighted by Crippen LogP contribution is -2.42. The van der Waals surface area contributed by atoms with Crippen LogP contribution in [-0.2, 0) is 10.2 Å². The average molecular weight is 464 g/mol. The molecule has 178 valence electrons. The number of carbonyl (C=O) groups excluding carboxylic acids is 1. The highest BCUT2D eigenvalue weighted by molar-refractivity contribution is 5.78. The van der Waals surface area contributed by atoms with Crippen molar-refractivity contribution in [3.05, 3.63) is 144 Å². The van der Waals surface area contributed by atoms with E-state index in [1.807, 2.05) is 36.4 Å². The van der Waals surface area contributed by atoms with Gasteiger partial charge < -0.3 is 10.4 Å². The van der Waals surface area contributed by atoms with Gasteiger partial charge in [-0.25, -0.2) is 0 Å². The molecule has 3 heteroatoms. The second-order valence-electron chi connectivity index (χ2n) is 9.66. The lowest BCUT2D eigenvalue weighted by molar-refractivity contribution is -0.122. The van der Waals surface area contributed by atoms with Crippen LogP contribution in [-0.4, -0.2) is 23.2 Å². The predicted octanol–water partition coefficient (Wildman–Crippen LogP) is 6.08. The van der Waals surface area contributed by atoms with Crippen LogP contribution < -0.4 is 5.32 Å². The summed E-state index contributed by atoms with van der Waals surface area (Å²) in [6.45, 7) is 3.59. The topological polar surface area (TPSA) is 49.3 Å². The fourth-order valence-corrected chi connectivity index (χ4v) is 4.99. The number of carbonyl (C=O) groups is 1. The Kier molecular flexibility index (Phi) is 7.48. The van der Waals surface area contributed by atoms with E-state index in [0.29, 0.717) is 0 Å². The maximum absolute atomic E-state index is 13.4. The number of aliphatic hydroxyl groups is 1. The van der Waals surface area contributed by atoms with E-state index < -0.39 is 11.0 Å². The van der Waals surface area contributed by atoms with Crippen molar-refractivity contribution in [2.45, 2.75) is 37.2 Å². The first kappa shape index (κ1) is 24.4. The molecule has 0 aromatic heterocycles. The van der Waals surface area contributed by atoms with Crippen LogP contribution in [0.15, 0.2) is 121 Å². The Bertz CT molecular complexity index is 1100. The van der Waals surface area contributed by atoms with E-state index in [-0.39, 0.29) is 24.8 Å². The smallest absolute Gasteiger partial charge is 0.220 e. The average Bonchev–Trinajstić information content (AvgIpc) is 2.89. The second-order valence-corrected chi connectivity index (χ2v) is 9.66. The minimum Gasteiger partial charge on any atom is -0.389 e. The van der Waals surface area contributed by atoms with Crippen LogP contribution >= 0.6 is 0 Å². The summed E-state index contributed by atoms with van der Waals surface area (Å²) in [6, 6.07) is 41.7. The van der Waals surface area contributed by atoms with Crippen molar-refractivity contribution in [2.75, 3.05) is 6.54 Å². The molecule has 1 unspecified atom stereocenters. The molecule has 35 heavy (non-hydrogen) atoms. The summed E-state index contributed by atoms with van der Waals surface area (Å²) in [7, 11) is 0. The van der Waals surface area contributed by atoms with Crippen LogP contribution in [0.5, 0.6) is 0 Å². The summed E-state index contributed by atoms with van der Waals surface area (Å²) in [6.07, 6.45) is 0.263. The van der Waals surface area contributed by atoms with Crippen molar-refractivity contribution in [1.29, 1.82) is 0 Å². The van der Waals surface area contributed by atoms with Gasteiger partial charge in [-0.3, -0.25) is 4.79 Å². The molecule has 1 amide bonds. The van der Waals surface area contributed by atoms with Gasteiger partial charge in [0.1, 0.15) is 0 Å². The molecule has 0 heterocycles. The first-order chi connectivity index (χ1) is 16.9. The molecular formula is C32H33NO2. The molecule has 0 fully saturated rings. The molecule has 0 aliphatic rings. The number of amides is 1. The van der Waals surface area contributed by atoms with Crippen LogP contribution in [0.1, 0.15) is 48.4 Å². The van der Waals surface area contributed by atoms with E-state index in [1.54, 1.807) is 13.8 Å². The Hall–Kier alpha value is -3.69. The molecule has 1 atom stereocenters. The van der Waals surface area contributed by atoms with Gasteiger partial charge in [-0.2, -0.15) is 0 Å². The van der Waals surface area contributed by atoms with E-state index in [0.717, 1.165) is 22.3 Å². The second kappa shape index (κ2) is 10.7. The molecule has 0 radical (unpaired) electrons. The summed E-state index contributed by atoms with van der Waals surface area (Å²) in [5, 5.41) is 13.2. The highest BCUT2D eigenvalue weighted by atomic mass is 16.3. The summed E-state index contributed by atoms with van der Waals surface area (Å²) in [5.74, 6) is -0.286. The molecule has 0 saturated carbocycles. The van der Waals surface area contributed by atoms with E-state index >= 15 is 0 Å². The third kappa shape index (κ3) is 5.52. The van der Waals surface area contributed by atoms with E-state index in [9.17, 15) is 9.90 Å². The molecule has 0 aliphatic carbocycles. The fourth-order valence-electron chi connectivity index (χ4n) is 4.99. The molecule has 0 spiro atoms. The largest absolute Gasteiger partial charge is 0.389 e. The summed E-state index contributed by atoms with van der Waals surface area (Å²) >= 11 is 0. The van der Waals surface area contributed by atoms with Gasteiger partial charge in [0.15, 0.2) is 0 Å². The third-order valence-corrected chi connectivity index (χ3v) is 6.52. The Labute approximate surface area is 208 Å². The van der Waals surface area contributed by atoms with Gasteiger partial charge in [-0.15, -0.1) is 0 Å². The zero-order chi connectivity index (χ0) is 24.7. The highest BCUT2D eigenvalue weighted by Gasteiger charge is 2.45. The maximum Gasteiger partial charge on any atom is 0.220 e. The molecule has 4 aromatic carbocycles. The monoisotopic (exact) mass is 463 g/mol. The third-order valence-electron chi connectivity index (χ3n) is 6.52. The first-order valence-electron chi connectivity index (χ1n) is 12.1.